The first kappa shape index (κ1) is 17.1. The molecule has 122 valence electrons. The minimum atomic E-state index is 0.734. The minimum absolute atomic E-state index is 0.734. The van der Waals surface area contributed by atoms with E-state index in [9.17, 15) is 0 Å². The number of thiazole rings is 1. The van der Waals surface area contributed by atoms with E-state index in [-0.39, 0.29) is 0 Å². The predicted octanol–water partition coefficient (Wildman–Crippen LogP) is 5.79. The fraction of sp³-hybridized carbons (Fsp3) is 0.0588. The number of aromatic nitrogens is 1. The number of hydrazone groups is 1. The van der Waals surface area contributed by atoms with Crippen LogP contribution in [0.2, 0.25) is 0 Å². The summed E-state index contributed by atoms with van der Waals surface area (Å²) >= 11 is 8.39. The second kappa shape index (κ2) is 7.92. The molecule has 0 radical (unpaired) electrons. The summed E-state index contributed by atoms with van der Waals surface area (Å²) in [6, 6.07) is 13.8. The zero-order valence-electron chi connectivity index (χ0n) is 12.7. The van der Waals surface area contributed by atoms with E-state index >= 15 is 0 Å². The third-order valence-electron chi connectivity index (χ3n) is 3.20. The van der Waals surface area contributed by atoms with Crippen LogP contribution < -0.4 is 10.2 Å². The molecule has 3 aromatic rings. The van der Waals surface area contributed by atoms with Gasteiger partial charge in [0.15, 0.2) is 0 Å². The molecule has 0 fully saturated rings. The maximum atomic E-state index is 5.32. The summed E-state index contributed by atoms with van der Waals surface area (Å²) in [6.07, 6.45) is 1.71. The van der Waals surface area contributed by atoms with Gasteiger partial charge in [0.2, 0.25) is 5.13 Å². The predicted molar refractivity (Wildman–Crippen MR) is 107 cm³/mol. The van der Waals surface area contributed by atoms with Crippen LogP contribution in [0.25, 0.3) is 11.3 Å². The number of nitrogens with one attached hydrogen (secondary N) is 1. The first-order valence-corrected chi connectivity index (χ1v) is 9.46. The maximum Gasteiger partial charge on any atom is 0.203 e. The molecule has 3 rings (SSSR count). The van der Waals surface area contributed by atoms with Crippen LogP contribution in [0.15, 0.2) is 61.9 Å². The van der Waals surface area contributed by atoms with Crippen molar-refractivity contribution < 1.29 is 4.74 Å². The minimum Gasteiger partial charge on any atom is -0.496 e. The zero-order valence-corrected chi connectivity index (χ0v) is 16.7. The van der Waals surface area contributed by atoms with Crippen LogP contribution >= 0.6 is 43.2 Å². The Bertz CT molecular complexity index is 863. The number of halogens is 2. The Hall–Kier alpha value is -1.70. The highest BCUT2D eigenvalue weighted by Crippen LogP contribution is 2.26. The topological polar surface area (TPSA) is 46.5 Å². The Morgan fingerprint density at radius 1 is 1.12 bits per heavy atom. The monoisotopic (exact) mass is 465 g/mol. The molecule has 7 heteroatoms. The van der Waals surface area contributed by atoms with Crippen LogP contribution in [0.4, 0.5) is 5.13 Å². The Labute approximate surface area is 160 Å². The quantitative estimate of drug-likeness (QED) is 0.382. The molecule has 0 spiro atoms. The Balaban J connectivity index is 1.71. The zero-order chi connectivity index (χ0) is 16.9. The number of methoxy groups -OCH3 is 1. The van der Waals surface area contributed by atoms with Crippen molar-refractivity contribution in [2.75, 3.05) is 12.5 Å². The molecule has 0 saturated carbocycles. The fourth-order valence-corrected chi connectivity index (χ4v) is 3.35. The van der Waals surface area contributed by atoms with E-state index in [1.54, 1.807) is 13.3 Å². The largest absolute Gasteiger partial charge is 0.496 e. The number of rotatable bonds is 5. The van der Waals surface area contributed by atoms with Gasteiger partial charge in [0.25, 0.3) is 0 Å². The number of nitrogens with zero attached hydrogens (tertiary/aromatic N) is 2. The van der Waals surface area contributed by atoms with Crippen LogP contribution in [0, 0.1) is 0 Å². The normalized spacial score (nSPS) is 11.0. The first-order valence-electron chi connectivity index (χ1n) is 7.00. The van der Waals surface area contributed by atoms with Gasteiger partial charge in [-0.25, -0.2) is 4.98 Å². The second-order valence-electron chi connectivity index (χ2n) is 4.80. The lowest BCUT2D eigenvalue weighted by molar-refractivity contribution is 0.414. The van der Waals surface area contributed by atoms with Gasteiger partial charge in [-0.15, -0.1) is 11.3 Å². The van der Waals surface area contributed by atoms with Gasteiger partial charge in [0.1, 0.15) is 5.75 Å². The van der Waals surface area contributed by atoms with Crippen LogP contribution in [0.3, 0.4) is 0 Å². The number of benzene rings is 2. The van der Waals surface area contributed by atoms with Crippen molar-refractivity contribution >= 4 is 54.5 Å². The van der Waals surface area contributed by atoms with E-state index in [1.165, 1.54) is 11.3 Å². The lowest BCUT2D eigenvalue weighted by Gasteiger charge is -2.04. The molecule has 0 aliphatic carbocycles. The number of anilines is 1. The summed E-state index contributed by atoms with van der Waals surface area (Å²) in [5, 5.41) is 6.98. The fourth-order valence-electron chi connectivity index (χ4n) is 2.04. The van der Waals surface area contributed by atoms with Gasteiger partial charge < -0.3 is 4.74 Å². The van der Waals surface area contributed by atoms with Gasteiger partial charge in [0.05, 0.1) is 19.0 Å². The van der Waals surface area contributed by atoms with Crippen molar-refractivity contribution in [1.82, 2.24) is 4.98 Å². The highest BCUT2D eigenvalue weighted by Gasteiger charge is 2.04. The van der Waals surface area contributed by atoms with Crippen molar-refractivity contribution in [2.24, 2.45) is 5.10 Å². The molecule has 1 aromatic heterocycles. The molecule has 0 aliphatic heterocycles. The molecule has 2 aromatic carbocycles. The van der Waals surface area contributed by atoms with E-state index < -0.39 is 0 Å². The average molecular weight is 467 g/mol. The average Bonchev–Trinajstić information content (AvgIpc) is 3.05. The van der Waals surface area contributed by atoms with E-state index in [0.717, 1.165) is 36.6 Å². The van der Waals surface area contributed by atoms with Crippen LogP contribution in [0.5, 0.6) is 5.75 Å². The van der Waals surface area contributed by atoms with Gasteiger partial charge in [-0.2, -0.15) is 5.10 Å². The Morgan fingerprint density at radius 2 is 1.88 bits per heavy atom. The molecule has 0 atom stereocenters. The van der Waals surface area contributed by atoms with Gasteiger partial charge in [-0.1, -0.05) is 44.0 Å². The summed E-state index contributed by atoms with van der Waals surface area (Å²) < 4.78 is 7.34. The van der Waals surface area contributed by atoms with E-state index in [1.807, 2.05) is 47.8 Å². The van der Waals surface area contributed by atoms with E-state index in [2.05, 4.69) is 47.4 Å². The molecule has 0 saturated heterocycles. The van der Waals surface area contributed by atoms with Gasteiger partial charge in [0, 0.05) is 25.5 Å². The molecule has 1 heterocycles. The summed E-state index contributed by atoms with van der Waals surface area (Å²) in [5.74, 6) is 0.762. The van der Waals surface area contributed by atoms with Gasteiger partial charge in [-0.05, 0) is 30.3 Å². The molecule has 0 unspecified atom stereocenters. The van der Waals surface area contributed by atoms with Crippen LogP contribution in [0.1, 0.15) is 5.56 Å². The van der Waals surface area contributed by atoms with Crippen LogP contribution in [-0.2, 0) is 0 Å². The summed E-state index contributed by atoms with van der Waals surface area (Å²) in [7, 11) is 1.64. The van der Waals surface area contributed by atoms with E-state index in [4.69, 9.17) is 4.74 Å². The third kappa shape index (κ3) is 4.23. The molecule has 0 bridgehead atoms. The molecule has 24 heavy (non-hydrogen) atoms. The summed E-state index contributed by atoms with van der Waals surface area (Å²) in [5.41, 5.74) is 5.83. The molecule has 1 N–H and O–H groups in total. The number of hydrogen-bond donors (Lipinski definition) is 1. The lowest BCUT2D eigenvalue weighted by atomic mass is 10.2. The smallest absolute Gasteiger partial charge is 0.203 e. The van der Waals surface area contributed by atoms with E-state index in [0.29, 0.717) is 0 Å². The second-order valence-corrected chi connectivity index (χ2v) is 7.49. The van der Waals surface area contributed by atoms with Crippen molar-refractivity contribution in [3.8, 4) is 17.0 Å². The highest BCUT2D eigenvalue weighted by atomic mass is 79.9. The summed E-state index contributed by atoms with van der Waals surface area (Å²) in [4.78, 5) is 4.54. The Morgan fingerprint density at radius 3 is 2.62 bits per heavy atom. The standard InChI is InChI=1S/C17H13Br2N3OS/c1-23-16-7-6-14(19)8-12(16)9-20-22-17-21-15(10-24-17)11-2-4-13(18)5-3-11/h2-10H,1H3,(H,21,22)/b20-9+. The van der Waals surface area contributed by atoms with Gasteiger partial charge in [-0.3, -0.25) is 5.43 Å². The molecule has 0 amide bonds. The lowest BCUT2D eigenvalue weighted by Crippen LogP contribution is -1.94. The molecular formula is C17H13Br2N3OS. The third-order valence-corrected chi connectivity index (χ3v) is 4.97. The van der Waals surface area contributed by atoms with Crippen molar-refractivity contribution in [2.45, 2.75) is 0 Å². The van der Waals surface area contributed by atoms with Crippen LogP contribution in [-0.4, -0.2) is 18.3 Å². The van der Waals surface area contributed by atoms with Crippen molar-refractivity contribution in [3.63, 3.8) is 0 Å². The highest BCUT2D eigenvalue weighted by molar-refractivity contribution is 9.10. The van der Waals surface area contributed by atoms with Gasteiger partial charge >= 0.3 is 0 Å². The van der Waals surface area contributed by atoms with Crippen molar-refractivity contribution in [3.05, 3.63) is 62.4 Å². The molecule has 0 aliphatic rings. The molecular weight excluding hydrogens is 454 g/mol. The number of ether oxygens (including phenoxy) is 1. The molecule has 4 nitrogen and oxygen atoms in total. The Kier molecular flexibility index (Phi) is 5.65. The SMILES string of the molecule is COc1ccc(Br)cc1/C=N/Nc1nc(-c2ccc(Br)cc2)cs1. The number of hydrogen-bond acceptors (Lipinski definition) is 5. The maximum absolute atomic E-state index is 5.32. The van der Waals surface area contributed by atoms with Crippen molar-refractivity contribution in [1.29, 1.82) is 0 Å². The first-order chi connectivity index (χ1) is 11.7. The summed E-state index contributed by atoms with van der Waals surface area (Å²) in [6.45, 7) is 0.